The van der Waals surface area contributed by atoms with Gasteiger partial charge in [0.2, 0.25) is 0 Å². The fraction of sp³-hybridized carbons (Fsp3) is 0.300. The molecular formula is C20H25N4O6+. The topological polar surface area (TPSA) is 124 Å². The molecule has 0 saturated heterocycles. The quantitative estimate of drug-likeness (QED) is 0.413. The molecule has 0 radical (unpaired) electrons. The van der Waals surface area contributed by atoms with E-state index in [1.165, 1.54) is 19.2 Å². The standard InChI is InChI=1S/C20H24N4O6/c1-13-8-17(24(27)28)18(30-4)10-16(13)22-20(26)12-23(2)11-19(25)21-14-6-5-7-15(9-14)29-3/h5-10H,11-12H2,1-4H3,(H,21,25)(H,22,26)/p+1. The van der Waals surface area contributed by atoms with Crippen LogP contribution in [0.1, 0.15) is 5.56 Å². The monoisotopic (exact) mass is 417 g/mol. The van der Waals surface area contributed by atoms with Gasteiger partial charge in [-0.1, -0.05) is 6.07 Å². The summed E-state index contributed by atoms with van der Waals surface area (Å²) in [7, 11) is 4.58. The molecule has 0 saturated carbocycles. The highest BCUT2D eigenvalue weighted by atomic mass is 16.6. The molecule has 0 fully saturated rings. The Morgan fingerprint density at radius 3 is 2.33 bits per heavy atom. The Kier molecular flexibility index (Phi) is 7.70. The van der Waals surface area contributed by atoms with Gasteiger partial charge >= 0.3 is 5.69 Å². The van der Waals surface area contributed by atoms with Crippen molar-refractivity contribution in [3.8, 4) is 11.5 Å². The molecule has 2 aromatic carbocycles. The number of hydrogen-bond acceptors (Lipinski definition) is 6. The summed E-state index contributed by atoms with van der Waals surface area (Å²) in [5, 5.41) is 16.5. The average molecular weight is 417 g/mol. The third kappa shape index (κ3) is 6.17. The number of anilines is 2. The number of nitro groups is 1. The van der Waals surface area contributed by atoms with E-state index in [1.54, 1.807) is 45.3 Å². The molecule has 0 aliphatic heterocycles. The maximum Gasteiger partial charge on any atom is 0.311 e. The summed E-state index contributed by atoms with van der Waals surface area (Å²) in [6.45, 7) is 1.76. The number of likely N-dealkylation sites (N-methyl/N-ethyl adjacent to an activating group) is 1. The Hall–Kier alpha value is -3.66. The van der Waals surface area contributed by atoms with Crippen molar-refractivity contribution in [3.05, 3.63) is 52.1 Å². The first-order valence-electron chi connectivity index (χ1n) is 9.11. The molecule has 0 aliphatic rings. The van der Waals surface area contributed by atoms with Crippen molar-refractivity contribution in [3.63, 3.8) is 0 Å². The highest BCUT2D eigenvalue weighted by molar-refractivity contribution is 5.94. The molecule has 10 nitrogen and oxygen atoms in total. The maximum absolute atomic E-state index is 12.4. The number of ether oxygens (including phenoxy) is 2. The van der Waals surface area contributed by atoms with Gasteiger partial charge in [-0.2, -0.15) is 0 Å². The van der Waals surface area contributed by atoms with Crippen molar-refractivity contribution >= 4 is 28.9 Å². The SMILES string of the molecule is COc1cccc(NC(=O)C[NH+](C)CC(=O)Nc2cc(OC)c([N+](=O)[O-])cc2C)c1. The number of rotatable bonds is 9. The van der Waals surface area contributed by atoms with Crippen LogP contribution in [0.5, 0.6) is 11.5 Å². The van der Waals surface area contributed by atoms with Crippen molar-refractivity contribution < 1.29 is 28.9 Å². The largest absolute Gasteiger partial charge is 0.497 e. The number of methoxy groups -OCH3 is 2. The van der Waals surface area contributed by atoms with Crippen molar-refractivity contribution in [1.29, 1.82) is 0 Å². The molecule has 0 aliphatic carbocycles. The summed E-state index contributed by atoms with van der Waals surface area (Å²) in [4.78, 5) is 35.8. The minimum atomic E-state index is -0.545. The molecule has 2 rings (SSSR count). The first-order valence-corrected chi connectivity index (χ1v) is 9.11. The Morgan fingerprint density at radius 1 is 1.07 bits per heavy atom. The molecule has 1 unspecified atom stereocenters. The van der Waals surface area contributed by atoms with Crippen LogP contribution in [0.15, 0.2) is 36.4 Å². The van der Waals surface area contributed by atoms with E-state index in [9.17, 15) is 19.7 Å². The van der Waals surface area contributed by atoms with Crippen LogP contribution < -0.4 is 25.0 Å². The molecule has 0 heterocycles. The summed E-state index contributed by atoms with van der Waals surface area (Å²) in [6.07, 6.45) is 0. The molecule has 2 aromatic rings. The van der Waals surface area contributed by atoms with E-state index in [4.69, 9.17) is 9.47 Å². The number of nitro benzene ring substituents is 1. The second-order valence-corrected chi connectivity index (χ2v) is 6.74. The number of aryl methyl sites for hydroxylation is 1. The van der Waals surface area contributed by atoms with Crippen LogP contribution in [0.3, 0.4) is 0 Å². The predicted molar refractivity (Wildman–Crippen MR) is 111 cm³/mol. The van der Waals surface area contributed by atoms with Gasteiger partial charge in [-0.05, 0) is 24.6 Å². The predicted octanol–water partition coefficient (Wildman–Crippen LogP) is 1.01. The van der Waals surface area contributed by atoms with Gasteiger partial charge in [-0.3, -0.25) is 19.7 Å². The van der Waals surface area contributed by atoms with Gasteiger partial charge in [0.1, 0.15) is 5.75 Å². The molecule has 10 heteroatoms. The minimum absolute atomic E-state index is 0.0320. The number of quaternary nitrogens is 1. The average Bonchev–Trinajstić information content (AvgIpc) is 2.68. The van der Waals surface area contributed by atoms with Crippen LogP contribution in [0.2, 0.25) is 0 Å². The first-order chi connectivity index (χ1) is 14.2. The number of carbonyl (C=O) groups excluding carboxylic acids is 2. The Bertz CT molecular complexity index is 947. The van der Waals surface area contributed by atoms with Gasteiger partial charge in [-0.25, -0.2) is 0 Å². The van der Waals surface area contributed by atoms with E-state index >= 15 is 0 Å². The van der Waals surface area contributed by atoms with Crippen LogP contribution in [-0.2, 0) is 9.59 Å². The zero-order valence-electron chi connectivity index (χ0n) is 17.3. The van der Waals surface area contributed by atoms with Gasteiger partial charge in [0.05, 0.1) is 26.2 Å². The molecule has 2 amide bonds. The van der Waals surface area contributed by atoms with E-state index in [0.717, 1.165) is 0 Å². The Labute approximate surface area is 173 Å². The summed E-state index contributed by atoms with van der Waals surface area (Å²) >= 11 is 0. The van der Waals surface area contributed by atoms with Gasteiger partial charge < -0.3 is 25.0 Å². The third-order valence-corrected chi connectivity index (χ3v) is 4.27. The molecule has 0 spiro atoms. The zero-order valence-corrected chi connectivity index (χ0v) is 17.3. The summed E-state index contributed by atoms with van der Waals surface area (Å²) in [5.74, 6) is 0.100. The van der Waals surface area contributed by atoms with Gasteiger partial charge in [0.25, 0.3) is 11.8 Å². The van der Waals surface area contributed by atoms with Gasteiger partial charge in [0.15, 0.2) is 18.8 Å². The lowest BCUT2D eigenvalue weighted by molar-refractivity contribution is -0.862. The van der Waals surface area contributed by atoms with Crippen LogP contribution in [0.4, 0.5) is 17.1 Å². The molecule has 30 heavy (non-hydrogen) atoms. The van der Waals surface area contributed by atoms with Crippen molar-refractivity contribution in [2.45, 2.75) is 6.92 Å². The Balaban J connectivity index is 1.94. The van der Waals surface area contributed by atoms with E-state index in [2.05, 4.69) is 10.6 Å². The summed E-state index contributed by atoms with van der Waals surface area (Å²) in [5.41, 5.74) is 1.37. The molecule has 0 aromatic heterocycles. The first kappa shape index (κ1) is 22.6. The molecule has 3 N–H and O–H groups in total. The number of nitrogens with one attached hydrogen (secondary N) is 3. The number of nitrogens with zero attached hydrogens (tertiary/aromatic N) is 1. The second kappa shape index (κ2) is 10.2. The fourth-order valence-corrected chi connectivity index (χ4v) is 2.82. The van der Waals surface area contributed by atoms with Crippen molar-refractivity contribution in [2.24, 2.45) is 0 Å². The molecule has 0 bridgehead atoms. The van der Waals surface area contributed by atoms with Crippen molar-refractivity contribution in [2.75, 3.05) is 45.0 Å². The van der Waals surface area contributed by atoms with Crippen LogP contribution in [0.25, 0.3) is 0 Å². The summed E-state index contributed by atoms with van der Waals surface area (Å²) < 4.78 is 10.1. The Morgan fingerprint density at radius 2 is 1.73 bits per heavy atom. The normalized spacial score (nSPS) is 11.3. The van der Waals surface area contributed by atoms with E-state index in [0.29, 0.717) is 27.6 Å². The van der Waals surface area contributed by atoms with Crippen LogP contribution >= 0.6 is 0 Å². The van der Waals surface area contributed by atoms with Gasteiger partial charge in [0, 0.05) is 29.6 Å². The highest BCUT2D eigenvalue weighted by Crippen LogP contribution is 2.32. The minimum Gasteiger partial charge on any atom is -0.497 e. The lowest BCUT2D eigenvalue weighted by Gasteiger charge is -2.15. The third-order valence-electron chi connectivity index (χ3n) is 4.27. The molecule has 1 atom stereocenters. The zero-order chi connectivity index (χ0) is 22.3. The second-order valence-electron chi connectivity index (χ2n) is 6.74. The van der Waals surface area contributed by atoms with Crippen LogP contribution in [0, 0.1) is 17.0 Å². The lowest BCUT2D eigenvalue weighted by Crippen LogP contribution is -3.11. The van der Waals surface area contributed by atoms with E-state index < -0.39 is 4.92 Å². The maximum atomic E-state index is 12.4. The van der Waals surface area contributed by atoms with E-state index in [-0.39, 0.29) is 36.3 Å². The lowest BCUT2D eigenvalue weighted by atomic mass is 10.1. The fourth-order valence-electron chi connectivity index (χ4n) is 2.82. The molecule has 160 valence electrons. The highest BCUT2D eigenvalue weighted by Gasteiger charge is 2.20. The smallest absolute Gasteiger partial charge is 0.311 e. The summed E-state index contributed by atoms with van der Waals surface area (Å²) in [6, 6.07) is 9.73. The number of carbonyl (C=O) groups is 2. The number of benzene rings is 2. The van der Waals surface area contributed by atoms with Crippen molar-refractivity contribution in [1.82, 2.24) is 0 Å². The van der Waals surface area contributed by atoms with Gasteiger partial charge in [-0.15, -0.1) is 0 Å². The van der Waals surface area contributed by atoms with E-state index in [1.807, 2.05) is 0 Å². The number of amides is 2. The van der Waals surface area contributed by atoms with Crippen LogP contribution in [-0.4, -0.2) is 51.1 Å². The number of hydrogen-bond donors (Lipinski definition) is 3. The molecular weight excluding hydrogens is 392 g/mol.